The fourth-order valence-corrected chi connectivity index (χ4v) is 1.23. The molecule has 1 rings (SSSR count). The van der Waals surface area contributed by atoms with Crippen LogP contribution in [0.4, 0.5) is 0 Å². The summed E-state index contributed by atoms with van der Waals surface area (Å²) in [5.41, 5.74) is 4.73. The number of hydrogen-bond donors (Lipinski definition) is 3. The van der Waals surface area contributed by atoms with E-state index in [4.69, 9.17) is 5.73 Å². The van der Waals surface area contributed by atoms with E-state index in [1.165, 1.54) is 0 Å². The van der Waals surface area contributed by atoms with Crippen LogP contribution >= 0.6 is 12.4 Å². The summed E-state index contributed by atoms with van der Waals surface area (Å²) in [7, 11) is 0. The monoisotopic (exact) mass is 180 g/mol. The first-order valence-electron chi connectivity index (χ1n) is 3.68. The van der Waals surface area contributed by atoms with E-state index in [2.05, 4.69) is 5.32 Å². The predicted molar refractivity (Wildman–Crippen MR) is 48.0 cm³/mol. The zero-order chi connectivity index (χ0) is 7.83. The lowest BCUT2D eigenvalue weighted by atomic mass is 9.83. The third-order valence-electron chi connectivity index (χ3n) is 2.41. The molecule has 0 amide bonds. The molecular formula is C7H17ClN2O. The van der Waals surface area contributed by atoms with Gasteiger partial charge in [0, 0.05) is 6.54 Å². The van der Waals surface area contributed by atoms with E-state index in [-0.39, 0.29) is 12.4 Å². The molecule has 4 N–H and O–H groups in total. The van der Waals surface area contributed by atoms with E-state index in [1.54, 1.807) is 13.8 Å². The topological polar surface area (TPSA) is 58.3 Å². The molecule has 1 aliphatic heterocycles. The van der Waals surface area contributed by atoms with E-state index in [0.717, 1.165) is 19.5 Å². The Morgan fingerprint density at radius 2 is 2.09 bits per heavy atom. The molecular weight excluding hydrogens is 164 g/mol. The minimum Gasteiger partial charge on any atom is -0.389 e. The average Bonchev–Trinajstić information content (AvgIpc) is 2.13. The first-order chi connectivity index (χ1) is 4.46. The summed E-state index contributed by atoms with van der Waals surface area (Å²) >= 11 is 0. The standard InChI is InChI=1S/C7H16N2O.ClH/c1-6(2,10)7(8)3-4-9-5-7;/h9-10H,3-5,8H2,1-2H3;1H. The Bertz CT molecular complexity index is 127. The van der Waals surface area contributed by atoms with Gasteiger partial charge in [-0.25, -0.2) is 0 Å². The lowest BCUT2D eigenvalue weighted by Crippen LogP contribution is -2.58. The zero-order valence-electron chi connectivity index (χ0n) is 7.05. The molecule has 1 atom stereocenters. The lowest BCUT2D eigenvalue weighted by Gasteiger charge is -2.35. The van der Waals surface area contributed by atoms with Crippen molar-refractivity contribution in [2.24, 2.45) is 5.73 Å². The van der Waals surface area contributed by atoms with Crippen LogP contribution in [0.15, 0.2) is 0 Å². The summed E-state index contributed by atoms with van der Waals surface area (Å²) in [6, 6.07) is 0. The molecule has 0 aromatic heterocycles. The summed E-state index contributed by atoms with van der Waals surface area (Å²) in [6.07, 6.45) is 0.858. The Labute approximate surface area is 73.8 Å². The largest absolute Gasteiger partial charge is 0.389 e. The van der Waals surface area contributed by atoms with Gasteiger partial charge in [0.25, 0.3) is 0 Å². The van der Waals surface area contributed by atoms with Crippen molar-refractivity contribution in [1.29, 1.82) is 0 Å². The molecule has 1 saturated heterocycles. The first kappa shape index (κ1) is 11.2. The van der Waals surface area contributed by atoms with Crippen LogP contribution in [0, 0.1) is 0 Å². The summed E-state index contributed by atoms with van der Waals surface area (Å²) < 4.78 is 0. The third kappa shape index (κ3) is 2.06. The summed E-state index contributed by atoms with van der Waals surface area (Å²) in [6.45, 7) is 5.16. The maximum Gasteiger partial charge on any atom is 0.0783 e. The SMILES string of the molecule is CC(C)(O)C1(N)CCNC1.Cl. The van der Waals surface area contributed by atoms with Crippen LogP contribution in [-0.2, 0) is 0 Å². The Balaban J connectivity index is 0.000001000. The van der Waals surface area contributed by atoms with Gasteiger partial charge in [-0.1, -0.05) is 0 Å². The molecule has 0 spiro atoms. The highest BCUT2D eigenvalue weighted by Crippen LogP contribution is 2.24. The second-order valence-corrected chi connectivity index (χ2v) is 3.64. The molecule has 1 unspecified atom stereocenters. The molecule has 1 fully saturated rings. The smallest absolute Gasteiger partial charge is 0.0783 e. The van der Waals surface area contributed by atoms with Gasteiger partial charge in [-0.3, -0.25) is 0 Å². The maximum atomic E-state index is 9.61. The molecule has 1 heterocycles. The molecule has 0 radical (unpaired) electrons. The summed E-state index contributed by atoms with van der Waals surface area (Å²) in [4.78, 5) is 0. The Morgan fingerprint density at radius 1 is 1.55 bits per heavy atom. The highest BCUT2D eigenvalue weighted by Gasteiger charge is 2.42. The Hall–Kier alpha value is 0.170. The van der Waals surface area contributed by atoms with Crippen molar-refractivity contribution >= 4 is 12.4 Å². The molecule has 11 heavy (non-hydrogen) atoms. The fraction of sp³-hybridized carbons (Fsp3) is 1.00. The van der Waals surface area contributed by atoms with Crippen molar-refractivity contribution in [3.8, 4) is 0 Å². The number of halogens is 1. The third-order valence-corrected chi connectivity index (χ3v) is 2.41. The van der Waals surface area contributed by atoms with Gasteiger partial charge < -0.3 is 16.2 Å². The lowest BCUT2D eigenvalue weighted by molar-refractivity contribution is 0.00657. The van der Waals surface area contributed by atoms with Crippen molar-refractivity contribution in [3.63, 3.8) is 0 Å². The van der Waals surface area contributed by atoms with Gasteiger partial charge in [0.2, 0.25) is 0 Å². The van der Waals surface area contributed by atoms with Crippen molar-refractivity contribution in [1.82, 2.24) is 5.32 Å². The Morgan fingerprint density at radius 3 is 2.27 bits per heavy atom. The predicted octanol–water partition coefficient (Wildman–Crippen LogP) is -0.130. The molecule has 0 aliphatic carbocycles. The minimum atomic E-state index is -0.767. The highest BCUT2D eigenvalue weighted by molar-refractivity contribution is 5.85. The van der Waals surface area contributed by atoms with Crippen LogP contribution in [0.2, 0.25) is 0 Å². The van der Waals surface area contributed by atoms with E-state index < -0.39 is 11.1 Å². The first-order valence-corrected chi connectivity index (χ1v) is 3.68. The van der Waals surface area contributed by atoms with Crippen LogP contribution < -0.4 is 11.1 Å². The maximum absolute atomic E-state index is 9.61. The van der Waals surface area contributed by atoms with Crippen molar-refractivity contribution in [2.75, 3.05) is 13.1 Å². The van der Waals surface area contributed by atoms with Gasteiger partial charge in [0.15, 0.2) is 0 Å². The van der Waals surface area contributed by atoms with Crippen LogP contribution in [0.3, 0.4) is 0 Å². The molecule has 0 aromatic rings. The fourth-order valence-electron chi connectivity index (χ4n) is 1.23. The van der Waals surface area contributed by atoms with Crippen molar-refractivity contribution in [3.05, 3.63) is 0 Å². The van der Waals surface area contributed by atoms with E-state index >= 15 is 0 Å². The van der Waals surface area contributed by atoms with Gasteiger partial charge in [0.05, 0.1) is 11.1 Å². The molecule has 0 saturated carbocycles. The van der Waals surface area contributed by atoms with Crippen LogP contribution in [0.5, 0.6) is 0 Å². The summed E-state index contributed by atoms with van der Waals surface area (Å²) in [5, 5.41) is 12.7. The zero-order valence-corrected chi connectivity index (χ0v) is 7.87. The minimum absolute atomic E-state index is 0. The van der Waals surface area contributed by atoms with Gasteiger partial charge >= 0.3 is 0 Å². The molecule has 68 valence electrons. The molecule has 0 bridgehead atoms. The molecule has 4 heteroatoms. The average molecular weight is 181 g/mol. The van der Waals surface area contributed by atoms with Gasteiger partial charge in [-0.15, -0.1) is 12.4 Å². The number of nitrogens with two attached hydrogens (primary N) is 1. The number of rotatable bonds is 1. The van der Waals surface area contributed by atoms with Crippen LogP contribution in [0.25, 0.3) is 0 Å². The second-order valence-electron chi connectivity index (χ2n) is 3.64. The number of aliphatic hydroxyl groups is 1. The van der Waals surface area contributed by atoms with Crippen molar-refractivity contribution in [2.45, 2.75) is 31.4 Å². The summed E-state index contributed by atoms with van der Waals surface area (Å²) in [5.74, 6) is 0. The Kier molecular flexibility index (Phi) is 3.32. The number of hydrogen-bond acceptors (Lipinski definition) is 3. The number of nitrogens with one attached hydrogen (secondary N) is 1. The van der Waals surface area contributed by atoms with Crippen LogP contribution in [0.1, 0.15) is 20.3 Å². The molecule has 0 aromatic carbocycles. The normalized spacial score (nSPS) is 31.6. The van der Waals surface area contributed by atoms with Crippen molar-refractivity contribution < 1.29 is 5.11 Å². The highest BCUT2D eigenvalue weighted by atomic mass is 35.5. The second kappa shape index (κ2) is 3.27. The van der Waals surface area contributed by atoms with Gasteiger partial charge in [0.1, 0.15) is 0 Å². The van der Waals surface area contributed by atoms with E-state index in [9.17, 15) is 5.11 Å². The quantitative estimate of drug-likeness (QED) is 0.527. The van der Waals surface area contributed by atoms with E-state index in [0.29, 0.717) is 0 Å². The van der Waals surface area contributed by atoms with Gasteiger partial charge in [-0.2, -0.15) is 0 Å². The van der Waals surface area contributed by atoms with E-state index in [1.807, 2.05) is 0 Å². The van der Waals surface area contributed by atoms with Crippen LogP contribution in [-0.4, -0.2) is 29.3 Å². The molecule has 3 nitrogen and oxygen atoms in total. The van der Waals surface area contributed by atoms with Gasteiger partial charge in [-0.05, 0) is 26.8 Å². The molecule has 1 aliphatic rings.